The summed E-state index contributed by atoms with van der Waals surface area (Å²) >= 11 is 11.8. The van der Waals surface area contributed by atoms with Crippen molar-refractivity contribution >= 4 is 44.8 Å². The predicted octanol–water partition coefficient (Wildman–Crippen LogP) is 5.83. The lowest BCUT2D eigenvalue weighted by molar-refractivity contribution is -0.137. The average Bonchev–Trinajstić information content (AvgIpc) is 2.77. The molecular formula is C23H19Cl2F3N2O3S. The molecule has 1 amide bonds. The van der Waals surface area contributed by atoms with Crippen LogP contribution in [-0.4, -0.2) is 20.9 Å². The first kappa shape index (κ1) is 25.9. The van der Waals surface area contributed by atoms with Crippen LogP contribution < -0.4 is 9.62 Å². The molecule has 0 unspecified atom stereocenters. The fourth-order valence-corrected chi connectivity index (χ4v) is 4.90. The number of amides is 1. The lowest BCUT2D eigenvalue weighted by Crippen LogP contribution is -2.40. The van der Waals surface area contributed by atoms with Crippen LogP contribution in [0.15, 0.2) is 71.6 Å². The fourth-order valence-electron chi connectivity index (χ4n) is 3.06. The van der Waals surface area contributed by atoms with Gasteiger partial charge in [0.15, 0.2) is 0 Å². The third kappa shape index (κ3) is 6.02. The second-order valence-electron chi connectivity index (χ2n) is 7.35. The molecule has 0 bridgehead atoms. The van der Waals surface area contributed by atoms with Gasteiger partial charge in [0.1, 0.15) is 6.54 Å². The Hall–Kier alpha value is -2.75. The molecule has 0 aliphatic carbocycles. The second-order valence-corrected chi connectivity index (χ2v) is 10.0. The van der Waals surface area contributed by atoms with Gasteiger partial charge in [0.05, 0.1) is 21.2 Å². The van der Waals surface area contributed by atoms with Gasteiger partial charge in [-0.25, -0.2) is 8.42 Å². The highest BCUT2D eigenvalue weighted by Crippen LogP contribution is 2.38. The Labute approximate surface area is 205 Å². The number of alkyl halides is 3. The number of anilines is 1. The highest BCUT2D eigenvalue weighted by atomic mass is 35.5. The van der Waals surface area contributed by atoms with Gasteiger partial charge < -0.3 is 5.32 Å². The Kier molecular flexibility index (Phi) is 7.80. The lowest BCUT2D eigenvalue weighted by Gasteiger charge is -2.25. The van der Waals surface area contributed by atoms with Crippen LogP contribution in [0.5, 0.6) is 0 Å². The number of nitrogens with zero attached hydrogens (tertiary/aromatic N) is 1. The van der Waals surface area contributed by atoms with E-state index in [0.717, 1.165) is 17.7 Å². The first-order chi connectivity index (χ1) is 15.9. The molecule has 0 saturated heterocycles. The average molecular weight is 531 g/mol. The topological polar surface area (TPSA) is 66.5 Å². The van der Waals surface area contributed by atoms with Crippen LogP contribution in [0.3, 0.4) is 0 Å². The number of sulfonamides is 1. The Bertz CT molecular complexity index is 1300. The zero-order valence-corrected chi connectivity index (χ0v) is 20.1. The highest BCUT2D eigenvalue weighted by molar-refractivity contribution is 7.92. The molecule has 0 radical (unpaired) electrons. The van der Waals surface area contributed by atoms with E-state index in [1.54, 1.807) is 43.3 Å². The van der Waals surface area contributed by atoms with Crippen LogP contribution in [0, 0.1) is 6.92 Å². The maximum Gasteiger partial charge on any atom is 0.417 e. The second kappa shape index (κ2) is 10.2. The summed E-state index contributed by atoms with van der Waals surface area (Å²) in [5.74, 6) is -0.737. The summed E-state index contributed by atoms with van der Waals surface area (Å²) in [6.45, 7) is 0.996. The van der Waals surface area contributed by atoms with Crippen molar-refractivity contribution in [3.05, 3.63) is 93.5 Å². The smallest absolute Gasteiger partial charge is 0.350 e. The van der Waals surface area contributed by atoms with Crippen molar-refractivity contribution in [1.82, 2.24) is 5.32 Å². The molecule has 0 heterocycles. The van der Waals surface area contributed by atoms with Crippen LogP contribution in [0.2, 0.25) is 10.0 Å². The van der Waals surface area contributed by atoms with Gasteiger partial charge in [0, 0.05) is 11.6 Å². The van der Waals surface area contributed by atoms with E-state index in [0.29, 0.717) is 21.0 Å². The summed E-state index contributed by atoms with van der Waals surface area (Å²) in [4.78, 5) is 12.5. The molecule has 0 fully saturated rings. The van der Waals surface area contributed by atoms with Crippen molar-refractivity contribution in [2.24, 2.45) is 0 Å². The Balaban J connectivity index is 1.98. The van der Waals surface area contributed by atoms with Gasteiger partial charge in [-0.3, -0.25) is 9.10 Å². The molecule has 3 rings (SSSR count). The molecule has 0 spiro atoms. The van der Waals surface area contributed by atoms with E-state index >= 15 is 0 Å². The molecule has 0 saturated carbocycles. The molecular weight excluding hydrogens is 512 g/mol. The molecule has 0 aliphatic rings. The van der Waals surface area contributed by atoms with Crippen LogP contribution in [0.25, 0.3) is 0 Å². The number of carbonyl (C=O) groups is 1. The van der Waals surface area contributed by atoms with Crippen LogP contribution in [-0.2, 0) is 27.5 Å². The van der Waals surface area contributed by atoms with Crippen molar-refractivity contribution in [2.45, 2.75) is 24.5 Å². The van der Waals surface area contributed by atoms with Crippen molar-refractivity contribution in [1.29, 1.82) is 0 Å². The van der Waals surface area contributed by atoms with E-state index in [1.165, 1.54) is 12.1 Å². The van der Waals surface area contributed by atoms with E-state index in [-0.39, 0.29) is 17.1 Å². The summed E-state index contributed by atoms with van der Waals surface area (Å²) in [6, 6.07) is 15.1. The van der Waals surface area contributed by atoms with Crippen molar-refractivity contribution in [3.63, 3.8) is 0 Å². The number of halogens is 5. The van der Waals surface area contributed by atoms with E-state index in [1.807, 2.05) is 0 Å². The van der Waals surface area contributed by atoms with Crippen LogP contribution in [0.1, 0.15) is 16.7 Å². The molecule has 180 valence electrons. The van der Waals surface area contributed by atoms with Crippen molar-refractivity contribution in [3.8, 4) is 0 Å². The SMILES string of the molecule is Cc1ccc(S(=O)(=O)N(CC(=O)NCc2ccccc2Cl)c2ccc(Cl)c(C(F)(F)F)c2)cc1. The van der Waals surface area contributed by atoms with Gasteiger partial charge in [-0.1, -0.05) is 59.1 Å². The van der Waals surface area contributed by atoms with Gasteiger partial charge in [-0.05, 0) is 48.9 Å². The molecule has 11 heteroatoms. The van der Waals surface area contributed by atoms with E-state index in [4.69, 9.17) is 23.2 Å². The zero-order chi connectivity index (χ0) is 25.1. The van der Waals surface area contributed by atoms with Gasteiger partial charge in [-0.15, -0.1) is 0 Å². The molecule has 3 aromatic rings. The third-order valence-electron chi connectivity index (χ3n) is 4.87. The molecule has 0 atom stereocenters. The quantitative estimate of drug-likeness (QED) is 0.417. The van der Waals surface area contributed by atoms with Crippen molar-refractivity contribution < 1.29 is 26.4 Å². The zero-order valence-electron chi connectivity index (χ0n) is 17.7. The standard InChI is InChI=1S/C23H19Cl2F3N2O3S/c1-15-6-9-18(10-7-15)34(32,33)30(17-8-11-21(25)19(12-17)23(26,27)28)14-22(31)29-13-16-4-2-3-5-20(16)24/h2-12H,13-14H2,1H3,(H,29,31). The van der Waals surface area contributed by atoms with Gasteiger partial charge in [0.2, 0.25) is 5.91 Å². The number of carbonyl (C=O) groups excluding carboxylic acids is 1. The first-order valence-corrected chi connectivity index (χ1v) is 12.1. The Morgan fingerprint density at radius 2 is 1.62 bits per heavy atom. The van der Waals surface area contributed by atoms with Gasteiger partial charge in [-0.2, -0.15) is 13.2 Å². The van der Waals surface area contributed by atoms with E-state index in [9.17, 15) is 26.4 Å². The van der Waals surface area contributed by atoms with Gasteiger partial charge in [0.25, 0.3) is 10.0 Å². The molecule has 5 nitrogen and oxygen atoms in total. The summed E-state index contributed by atoms with van der Waals surface area (Å²) in [5.41, 5.74) is -0.192. The largest absolute Gasteiger partial charge is 0.417 e. The predicted molar refractivity (Wildman–Crippen MR) is 125 cm³/mol. The first-order valence-electron chi connectivity index (χ1n) is 9.86. The molecule has 34 heavy (non-hydrogen) atoms. The van der Waals surface area contributed by atoms with Crippen molar-refractivity contribution in [2.75, 3.05) is 10.8 Å². The number of aryl methyl sites for hydroxylation is 1. The molecule has 0 aromatic heterocycles. The summed E-state index contributed by atoms with van der Waals surface area (Å²) in [6.07, 6.45) is -4.82. The maximum atomic E-state index is 13.4. The maximum absolute atomic E-state index is 13.4. The summed E-state index contributed by atoms with van der Waals surface area (Å²) < 4.78 is 67.6. The van der Waals surface area contributed by atoms with Gasteiger partial charge >= 0.3 is 6.18 Å². The number of benzene rings is 3. The number of nitrogens with one attached hydrogen (secondary N) is 1. The van der Waals surface area contributed by atoms with Crippen LogP contribution >= 0.6 is 23.2 Å². The Morgan fingerprint density at radius 3 is 2.24 bits per heavy atom. The molecule has 0 aliphatic heterocycles. The minimum atomic E-state index is -4.82. The number of hydrogen-bond donors (Lipinski definition) is 1. The third-order valence-corrected chi connectivity index (χ3v) is 7.36. The monoisotopic (exact) mass is 530 g/mol. The normalized spacial score (nSPS) is 11.8. The number of rotatable bonds is 7. The summed E-state index contributed by atoms with van der Waals surface area (Å²) in [5, 5.41) is 2.36. The minimum Gasteiger partial charge on any atom is -0.350 e. The molecule has 3 aromatic carbocycles. The van der Waals surface area contributed by atoms with E-state index < -0.39 is 39.2 Å². The number of hydrogen-bond acceptors (Lipinski definition) is 3. The van der Waals surface area contributed by atoms with E-state index in [2.05, 4.69) is 5.32 Å². The lowest BCUT2D eigenvalue weighted by atomic mass is 10.2. The summed E-state index contributed by atoms with van der Waals surface area (Å²) in [7, 11) is -4.40. The minimum absolute atomic E-state index is 0.00530. The highest BCUT2D eigenvalue weighted by Gasteiger charge is 2.35. The fraction of sp³-hybridized carbons (Fsp3) is 0.174. The molecule has 1 N–H and O–H groups in total. The Morgan fingerprint density at radius 1 is 0.971 bits per heavy atom. The van der Waals surface area contributed by atoms with Crippen LogP contribution in [0.4, 0.5) is 18.9 Å².